The van der Waals surface area contributed by atoms with Gasteiger partial charge in [0, 0.05) is 54.3 Å². The summed E-state index contributed by atoms with van der Waals surface area (Å²) in [6, 6.07) is 11.7. The van der Waals surface area contributed by atoms with Crippen LogP contribution in [0.4, 0.5) is 0 Å². The van der Waals surface area contributed by atoms with Gasteiger partial charge in [0.1, 0.15) is 6.33 Å². The van der Waals surface area contributed by atoms with Crippen molar-refractivity contribution in [2.24, 2.45) is 0 Å². The molecule has 0 saturated heterocycles. The molecule has 1 aromatic carbocycles. The molecule has 0 N–H and O–H groups in total. The Morgan fingerprint density at radius 3 is 2.62 bits per heavy atom. The van der Waals surface area contributed by atoms with Gasteiger partial charge in [0.2, 0.25) is 0 Å². The van der Waals surface area contributed by atoms with Crippen molar-refractivity contribution in [2.75, 3.05) is 13.1 Å². The Bertz CT molecular complexity index is 923. The van der Waals surface area contributed by atoms with E-state index in [0.717, 1.165) is 46.5 Å². The first-order valence-corrected chi connectivity index (χ1v) is 8.81. The highest BCUT2D eigenvalue weighted by atomic mass is 16.2. The van der Waals surface area contributed by atoms with Gasteiger partial charge in [0.05, 0.1) is 5.69 Å². The fourth-order valence-electron chi connectivity index (χ4n) is 3.36. The molecule has 0 fully saturated rings. The number of aryl methyl sites for hydroxylation is 1. The minimum Gasteiger partial charge on any atom is -0.338 e. The third-order valence-electron chi connectivity index (χ3n) is 4.81. The quantitative estimate of drug-likeness (QED) is 0.717. The lowest BCUT2D eigenvalue weighted by Gasteiger charge is -2.20. The third-order valence-corrected chi connectivity index (χ3v) is 4.81. The van der Waals surface area contributed by atoms with Crippen LogP contribution in [0.1, 0.15) is 27.2 Å². The molecule has 26 heavy (non-hydrogen) atoms. The molecular formula is C21H20N4O. The summed E-state index contributed by atoms with van der Waals surface area (Å²) in [4.78, 5) is 27.9. The second-order valence-corrected chi connectivity index (χ2v) is 6.55. The van der Waals surface area contributed by atoms with Gasteiger partial charge in [-0.3, -0.25) is 9.78 Å². The van der Waals surface area contributed by atoms with Gasteiger partial charge in [-0.25, -0.2) is 9.97 Å². The Morgan fingerprint density at radius 2 is 1.85 bits per heavy atom. The van der Waals surface area contributed by atoms with Crippen molar-refractivity contribution >= 4 is 5.91 Å². The topological polar surface area (TPSA) is 59.0 Å². The van der Waals surface area contributed by atoms with Crippen molar-refractivity contribution in [1.29, 1.82) is 0 Å². The SMILES string of the molecule is Cc1ccc(C(=O)N2CCc3ncnc(-c4cccnc4)c3CC2)cc1. The lowest BCUT2D eigenvalue weighted by molar-refractivity contribution is 0.0763. The molecule has 0 spiro atoms. The molecule has 0 bridgehead atoms. The molecule has 0 saturated carbocycles. The van der Waals surface area contributed by atoms with E-state index >= 15 is 0 Å². The number of aromatic nitrogens is 3. The number of nitrogens with zero attached hydrogens (tertiary/aromatic N) is 4. The zero-order valence-corrected chi connectivity index (χ0v) is 14.7. The molecule has 1 aliphatic heterocycles. The van der Waals surface area contributed by atoms with Crippen molar-refractivity contribution in [2.45, 2.75) is 19.8 Å². The lowest BCUT2D eigenvalue weighted by Crippen LogP contribution is -2.33. The highest BCUT2D eigenvalue weighted by Crippen LogP contribution is 2.25. The summed E-state index contributed by atoms with van der Waals surface area (Å²) in [6.45, 7) is 3.36. The summed E-state index contributed by atoms with van der Waals surface area (Å²) in [7, 11) is 0. The molecule has 3 heterocycles. The van der Waals surface area contributed by atoms with E-state index in [-0.39, 0.29) is 5.91 Å². The largest absolute Gasteiger partial charge is 0.338 e. The van der Waals surface area contributed by atoms with Gasteiger partial charge in [-0.05, 0) is 37.6 Å². The molecule has 0 radical (unpaired) electrons. The van der Waals surface area contributed by atoms with Crippen LogP contribution in [0.3, 0.4) is 0 Å². The Hall–Kier alpha value is -3.08. The molecule has 1 amide bonds. The average molecular weight is 344 g/mol. The zero-order valence-electron chi connectivity index (χ0n) is 14.7. The molecule has 0 aliphatic carbocycles. The highest BCUT2D eigenvalue weighted by molar-refractivity contribution is 5.94. The van der Waals surface area contributed by atoms with Crippen LogP contribution in [0, 0.1) is 6.92 Å². The maximum absolute atomic E-state index is 12.8. The van der Waals surface area contributed by atoms with Crippen molar-refractivity contribution < 1.29 is 4.79 Å². The van der Waals surface area contributed by atoms with Crippen LogP contribution >= 0.6 is 0 Å². The molecule has 0 unspecified atom stereocenters. The number of fused-ring (bicyclic) bond motifs is 1. The van der Waals surface area contributed by atoms with E-state index < -0.39 is 0 Å². The average Bonchev–Trinajstić information content (AvgIpc) is 2.91. The zero-order chi connectivity index (χ0) is 17.9. The molecule has 2 aromatic heterocycles. The van der Waals surface area contributed by atoms with Gasteiger partial charge in [-0.15, -0.1) is 0 Å². The molecule has 4 rings (SSSR count). The minimum atomic E-state index is 0.0775. The van der Waals surface area contributed by atoms with Crippen LogP contribution in [-0.2, 0) is 12.8 Å². The number of pyridine rings is 1. The van der Waals surface area contributed by atoms with Gasteiger partial charge in [-0.1, -0.05) is 17.7 Å². The van der Waals surface area contributed by atoms with E-state index in [2.05, 4.69) is 15.0 Å². The standard InChI is InChI=1S/C21H20N4O/c1-15-4-6-16(7-5-15)21(26)25-11-8-18-19(9-12-25)23-14-24-20(18)17-3-2-10-22-13-17/h2-7,10,13-14H,8-9,11-12H2,1H3. The van der Waals surface area contributed by atoms with Gasteiger partial charge >= 0.3 is 0 Å². The maximum atomic E-state index is 12.8. The molecule has 1 aliphatic rings. The van der Waals surface area contributed by atoms with Crippen LogP contribution < -0.4 is 0 Å². The van der Waals surface area contributed by atoms with Gasteiger partial charge in [0.25, 0.3) is 5.91 Å². The fourth-order valence-corrected chi connectivity index (χ4v) is 3.36. The first-order chi connectivity index (χ1) is 12.7. The Labute approximate surface area is 152 Å². The summed E-state index contributed by atoms with van der Waals surface area (Å²) in [5, 5.41) is 0. The van der Waals surface area contributed by atoms with Crippen molar-refractivity contribution in [3.8, 4) is 11.3 Å². The fraction of sp³-hybridized carbons (Fsp3) is 0.238. The predicted molar refractivity (Wildman–Crippen MR) is 99.8 cm³/mol. The Kier molecular flexibility index (Phi) is 4.44. The molecule has 0 atom stereocenters. The minimum absolute atomic E-state index is 0.0775. The van der Waals surface area contributed by atoms with Crippen LogP contribution in [0.25, 0.3) is 11.3 Å². The summed E-state index contributed by atoms with van der Waals surface area (Å²) >= 11 is 0. The second kappa shape index (κ2) is 7.04. The second-order valence-electron chi connectivity index (χ2n) is 6.55. The van der Waals surface area contributed by atoms with Gasteiger partial charge in [-0.2, -0.15) is 0 Å². The van der Waals surface area contributed by atoms with Crippen LogP contribution in [0.5, 0.6) is 0 Å². The number of hydrogen-bond donors (Lipinski definition) is 0. The van der Waals surface area contributed by atoms with Crippen molar-refractivity contribution in [3.63, 3.8) is 0 Å². The molecule has 130 valence electrons. The number of carbonyl (C=O) groups excluding carboxylic acids is 1. The summed E-state index contributed by atoms with van der Waals surface area (Å²) in [6.07, 6.45) is 6.67. The number of rotatable bonds is 2. The first kappa shape index (κ1) is 16.4. The monoisotopic (exact) mass is 344 g/mol. The summed E-state index contributed by atoms with van der Waals surface area (Å²) in [5.74, 6) is 0.0775. The van der Waals surface area contributed by atoms with E-state index in [9.17, 15) is 4.79 Å². The number of benzene rings is 1. The Balaban J connectivity index is 1.60. The van der Waals surface area contributed by atoms with E-state index in [1.54, 1.807) is 12.5 Å². The van der Waals surface area contributed by atoms with Crippen LogP contribution in [0.2, 0.25) is 0 Å². The number of hydrogen-bond acceptors (Lipinski definition) is 4. The number of amides is 1. The maximum Gasteiger partial charge on any atom is 0.253 e. The smallest absolute Gasteiger partial charge is 0.253 e. The molecule has 5 nitrogen and oxygen atoms in total. The predicted octanol–water partition coefficient (Wildman–Crippen LogP) is 3.09. The van der Waals surface area contributed by atoms with E-state index in [4.69, 9.17) is 0 Å². The van der Waals surface area contributed by atoms with Crippen molar-refractivity contribution in [3.05, 3.63) is 77.5 Å². The molecule has 3 aromatic rings. The molecule has 5 heteroatoms. The molecular weight excluding hydrogens is 324 g/mol. The van der Waals surface area contributed by atoms with Crippen LogP contribution in [0.15, 0.2) is 55.1 Å². The van der Waals surface area contributed by atoms with Crippen molar-refractivity contribution in [1.82, 2.24) is 19.9 Å². The number of carbonyl (C=O) groups is 1. The van der Waals surface area contributed by atoms with E-state index in [0.29, 0.717) is 13.1 Å². The van der Waals surface area contributed by atoms with Gasteiger partial charge in [0.15, 0.2) is 0 Å². The summed E-state index contributed by atoms with van der Waals surface area (Å²) in [5.41, 5.74) is 5.95. The van der Waals surface area contributed by atoms with E-state index in [1.807, 2.05) is 54.4 Å². The van der Waals surface area contributed by atoms with E-state index in [1.165, 1.54) is 0 Å². The van der Waals surface area contributed by atoms with Gasteiger partial charge < -0.3 is 4.90 Å². The lowest BCUT2D eigenvalue weighted by atomic mass is 10.0. The van der Waals surface area contributed by atoms with Crippen LogP contribution in [-0.4, -0.2) is 38.8 Å². The first-order valence-electron chi connectivity index (χ1n) is 8.81. The Morgan fingerprint density at radius 1 is 1.04 bits per heavy atom. The summed E-state index contributed by atoms with van der Waals surface area (Å²) < 4.78 is 0. The third kappa shape index (κ3) is 3.20. The highest BCUT2D eigenvalue weighted by Gasteiger charge is 2.23. The normalized spacial score (nSPS) is 13.8.